The van der Waals surface area contributed by atoms with Crippen LogP contribution in [-0.2, 0) is 13.6 Å². The number of benzene rings is 1. The first-order valence-corrected chi connectivity index (χ1v) is 9.79. The smallest absolute Gasteiger partial charge is 0.216 e. The SMILES string of the molecule is COc1ccc(C(CNCc2c(C)nn(C)c2OC)N2CCCCC2)cc1. The number of hydrogen-bond donors (Lipinski definition) is 1. The summed E-state index contributed by atoms with van der Waals surface area (Å²) in [6, 6.07) is 8.85. The normalized spacial score (nSPS) is 16.3. The lowest BCUT2D eigenvalue weighted by atomic mass is 10.0. The molecule has 6 nitrogen and oxygen atoms in total. The maximum atomic E-state index is 5.52. The highest BCUT2D eigenvalue weighted by Gasteiger charge is 2.23. The molecule has 0 radical (unpaired) electrons. The first-order chi connectivity index (χ1) is 13.1. The third-order valence-electron chi connectivity index (χ3n) is 5.45. The Morgan fingerprint density at radius 3 is 2.41 bits per heavy atom. The van der Waals surface area contributed by atoms with Crippen molar-refractivity contribution in [2.45, 2.75) is 38.8 Å². The van der Waals surface area contributed by atoms with E-state index in [9.17, 15) is 0 Å². The zero-order chi connectivity index (χ0) is 19.2. The van der Waals surface area contributed by atoms with Gasteiger partial charge in [-0.05, 0) is 50.6 Å². The van der Waals surface area contributed by atoms with Crippen LogP contribution in [0.25, 0.3) is 0 Å². The Kier molecular flexibility index (Phi) is 6.74. The van der Waals surface area contributed by atoms with E-state index in [-0.39, 0.29) is 0 Å². The molecule has 1 saturated heterocycles. The topological polar surface area (TPSA) is 51.6 Å². The molecule has 0 saturated carbocycles. The maximum absolute atomic E-state index is 5.52. The summed E-state index contributed by atoms with van der Waals surface area (Å²) in [7, 11) is 5.33. The van der Waals surface area contributed by atoms with Crippen molar-refractivity contribution >= 4 is 0 Å². The Morgan fingerprint density at radius 1 is 1.07 bits per heavy atom. The van der Waals surface area contributed by atoms with Crippen LogP contribution in [0.15, 0.2) is 24.3 Å². The molecule has 1 atom stereocenters. The first kappa shape index (κ1) is 19.7. The quantitative estimate of drug-likeness (QED) is 0.772. The highest BCUT2D eigenvalue weighted by molar-refractivity contribution is 5.31. The van der Waals surface area contributed by atoms with Crippen LogP contribution in [0.4, 0.5) is 0 Å². The average Bonchev–Trinajstić information content (AvgIpc) is 2.98. The highest BCUT2D eigenvalue weighted by Crippen LogP contribution is 2.26. The Morgan fingerprint density at radius 2 is 1.78 bits per heavy atom. The molecule has 2 aromatic rings. The molecule has 0 spiro atoms. The fraction of sp³-hybridized carbons (Fsp3) is 0.571. The fourth-order valence-electron chi connectivity index (χ4n) is 3.99. The van der Waals surface area contributed by atoms with Gasteiger partial charge in [0.05, 0.1) is 25.5 Å². The van der Waals surface area contributed by atoms with Crippen LogP contribution in [-0.4, -0.2) is 48.5 Å². The standard InChI is InChI=1S/C21H32N4O2/c1-16-19(21(27-4)24(2)23-16)14-22-15-20(25-12-6-5-7-13-25)17-8-10-18(26-3)11-9-17/h8-11,20,22H,5-7,12-15H2,1-4H3. The number of aromatic nitrogens is 2. The molecule has 2 heterocycles. The molecule has 148 valence electrons. The second-order valence-corrected chi connectivity index (χ2v) is 7.21. The van der Waals surface area contributed by atoms with E-state index in [1.807, 2.05) is 14.0 Å². The van der Waals surface area contributed by atoms with E-state index in [0.29, 0.717) is 6.04 Å². The number of aryl methyl sites for hydroxylation is 2. The van der Waals surface area contributed by atoms with E-state index in [4.69, 9.17) is 9.47 Å². The van der Waals surface area contributed by atoms with Crippen molar-refractivity contribution < 1.29 is 9.47 Å². The molecule has 1 fully saturated rings. The van der Waals surface area contributed by atoms with Gasteiger partial charge in [-0.2, -0.15) is 5.10 Å². The van der Waals surface area contributed by atoms with E-state index in [0.717, 1.165) is 49.1 Å². The predicted octanol–water partition coefficient (Wildman–Crippen LogP) is 3.06. The Hall–Kier alpha value is -2.05. The van der Waals surface area contributed by atoms with Gasteiger partial charge in [-0.1, -0.05) is 18.6 Å². The molecule has 0 amide bonds. The molecule has 6 heteroatoms. The number of nitrogens with one attached hydrogen (secondary N) is 1. The van der Waals surface area contributed by atoms with Gasteiger partial charge in [0.2, 0.25) is 5.88 Å². The van der Waals surface area contributed by atoms with Crippen molar-refractivity contribution in [3.05, 3.63) is 41.1 Å². The number of likely N-dealkylation sites (tertiary alicyclic amines) is 1. The molecule has 3 rings (SSSR count). The van der Waals surface area contributed by atoms with Gasteiger partial charge in [0, 0.05) is 26.2 Å². The summed E-state index contributed by atoms with van der Waals surface area (Å²) in [5.41, 5.74) is 3.48. The highest BCUT2D eigenvalue weighted by atomic mass is 16.5. The van der Waals surface area contributed by atoms with Gasteiger partial charge < -0.3 is 14.8 Å². The summed E-state index contributed by atoms with van der Waals surface area (Å²) < 4.78 is 12.6. The molecular weight excluding hydrogens is 340 g/mol. The number of nitrogens with zero attached hydrogens (tertiary/aromatic N) is 3. The molecule has 1 aromatic carbocycles. The van der Waals surface area contributed by atoms with E-state index in [2.05, 4.69) is 39.6 Å². The zero-order valence-corrected chi connectivity index (χ0v) is 17.0. The van der Waals surface area contributed by atoms with Gasteiger partial charge in [-0.3, -0.25) is 4.90 Å². The van der Waals surface area contributed by atoms with E-state index in [1.165, 1.54) is 24.8 Å². The molecule has 0 aliphatic carbocycles. The Bertz CT molecular complexity index is 721. The van der Waals surface area contributed by atoms with Crippen LogP contribution in [0.3, 0.4) is 0 Å². The molecule has 27 heavy (non-hydrogen) atoms. The van der Waals surface area contributed by atoms with Gasteiger partial charge in [0.1, 0.15) is 5.75 Å². The van der Waals surface area contributed by atoms with Gasteiger partial charge >= 0.3 is 0 Å². The summed E-state index contributed by atoms with van der Waals surface area (Å²) in [6.45, 7) is 6.00. The van der Waals surface area contributed by atoms with Crippen molar-refractivity contribution in [1.82, 2.24) is 20.0 Å². The zero-order valence-electron chi connectivity index (χ0n) is 17.0. The lowest BCUT2D eigenvalue weighted by Crippen LogP contribution is -2.39. The van der Waals surface area contributed by atoms with Crippen LogP contribution >= 0.6 is 0 Å². The Balaban J connectivity index is 1.71. The molecule has 1 N–H and O–H groups in total. The largest absolute Gasteiger partial charge is 0.497 e. The van der Waals surface area contributed by atoms with Crippen LogP contribution in [0.5, 0.6) is 11.6 Å². The lowest BCUT2D eigenvalue weighted by molar-refractivity contribution is 0.160. The van der Waals surface area contributed by atoms with Gasteiger partial charge in [-0.25, -0.2) is 4.68 Å². The van der Waals surface area contributed by atoms with Crippen molar-refractivity contribution in [2.24, 2.45) is 7.05 Å². The van der Waals surface area contributed by atoms with Gasteiger partial charge in [-0.15, -0.1) is 0 Å². The van der Waals surface area contributed by atoms with Crippen LogP contribution < -0.4 is 14.8 Å². The number of rotatable bonds is 8. The summed E-state index contributed by atoms with van der Waals surface area (Å²) in [6.07, 6.45) is 3.90. The van der Waals surface area contributed by atoms with Crippen LogP contribution in [0.1, 0.15) is 42.1 Å². The molecule has 1 aromatic heterocycles. The summed E-state index contributed by atoms with van der Waals surface area (Å²) in [4.78, 5) is 2.60. The fourth-order valence-corrected chi connectivity index (χ4v) is 3.99. The van der Waals surface area contributed by atoms with E-state index < -0.39 is 0 Å². The molecule has 0 bridgehead atoms. The lowest BCUT2D eigenvalue weighted by Gasteiger charge is -2.35. The Labute approximate surface area is 162 Å². The summed E-state index contributed by atoms with van der Waals surface area (Å²) >= 11 is 0. The molecule has 1 aliphatic heterocycles. The van der Waals surface area contributed by atoms with Crippen LogP contribution in [0, 0.1) is 6.92 Å². The van der Waals surface area contributed by atoms with Crippen LogP contribution in [0.2, 0.25) is 0 Å². The first-order valence-electron chi connectivity index (χ1n) is 9.79. The van der Waals surface area contributed by atoms with Crippen molar-refractivity contribution in [3.8, 4) is 11.6 Å². The second kappa shape index (κ2) is 9.24. The minimum Gasteiger partial charge on any atom is -0.497 e. The van der Waals surface area contributed by atoms with Gasteiger partial charge in [0.15, 0.2) is 0 Å². The average molecular weight is 373 g/mol. The summed E-state index contributed by atoms with van der Waals surface area (Å²) in [5, 5.41) is 8.12. The monoisotopic (exact) mass is 372 g/mol. The minimum atomic E-state index is 0.360. The molecule has 1 aliphatic rings. The number of ether oxygens (including phenoxy) is 2. The van der Waals surface area contributed by atoms with E-state index in [1.54, 1.807) is 18.9 Å². The van der Waals surface area contributed by atoms with Gasteiger partial charge in [0.25, 0.3) is 0 Å². The van der Waals surface area contributed by atoms with E-state index >= 15 is 0 Å². The minimum absolute atomic E-state index is 0.360. The molecular formula is C21H32N4O2. The maximum Gasteiger partial charge on any atom is 0.216 e. The predicted molar refractivity (Wildman–Crippen MR) is 107 cm³/mol. The third-order valence-corrected chi connectivity index (χ3v) is 5.45. The number of methoxy groups -OCH3 is 2. The van der Waals surface area contributed by atoms with Crippen molar-refractivity contribution in [3.63, 3.8) is 0 Å². The number of piperidine rings is 1. The van der Waals surface area contributed by atoms with Crippen molar-refractivity contribution in [2.75, 3.05) is 33.9 Å². The summed E-state index contributed by atoms with van der Waals surface area (Å²) in [5.74, 6) is 1.73. The number of hydrogen-bond acceptors (Lipinski definition) is 5. The molecule has 1 unspecified atom stereocenters. The van der Waals surface area contributed by atoms with Crippen molar-refractivity contribution in [1.29, 1.82) is 0 Å². The second-order valence-electron chi connectivity index (χ2n) is 7.21. The third kappa shape index (κ3) is 4.62.